The highest BCUT2D eigenvalue weighted by Crippen LogP contribution is 2.22. The molecule has 0 atom stereocenters. The molecule has 0 bridgehead atoms. The number of hydrogen-bond donors (Lipinski definition) is 2. The van der Waals surface area contributed by atoms with Crippen molar-refractivity contribution in [2.45, 2.75) is 37.5 Å². The van der Waals surface area contributed by atoms with Crippen molar-refractivity contribution in [3.05, 3.63) is 48.5 Å². The highest BCUT2D eigenvalue weighted by Gasteiger charge is 2.16. The second-order valence-electron chi connectivity index (χ2n) is 3.64. The number of nitrogen functional groups attached to an aromatic ring is 2. The summed E-state index contributed by atoms with van der Waals surface area (Å²) in [5.74, 6) is 0. The molecule has 2 rings (SSSR count). The third kappa shape index (κ3) is 5.11. The van der Waals surface area contributed by atoms with E-state index in [9.17, 15) is 8.42 Å². The van der Waals surface area contributed by atoms with Crippen molar-refractivity contribution in [2.24, 2.45) is 0 Å². The number of nitrogens with two attached hydrogens (primary N) is 2. The van der Waals surface area contributed by atoms with Crippen LogP contribution in [0.2, 0.25) is 0 Å². The number of rotatable bonds is 2. The lowest BCUT2D eigenvalue weighted by molar-refractivity contribution is 0.596. The van der Waals surface area contributed by atoms with Crippen molar-refractivity contribution >= 4 is 21.2 Å². The molecule has 0 aliphatic rings. The minimum Gasteiger partial charge on any atom is -0.399 e. The molecule has 2 aromatic carbocycles. The van der Waals surface area contributed by atoms with Crippen LogP contribution in [0.4, 0.5) is 11.4 Å². The molecule has 0 aliphatic carbocycles. The summed E-state index contributed by atoms with van der Waals surface area (Å²) in [6.45, 7) is 8.00. The zero-order chi connectivity index (χ0) is 16.5. The van der Waals surface area contributed by atoms with Crippen LogP contribution in [0.3, 0.4) is 0 Å². The molecule has 0 radical (unpaired) electrons. The third-order valence-corrected chi connectivity index (χ3v) is 4.17. The Kier molecular flexibility index (Phi) is 8.16. The zero-order valence-electron chi connectivity index (χ0n) is 13.0. The van der Waals surface area contributed by atoms with Crippen LogP contribution in [0.5, 0.6) is 0 Å². The minimum atomic E-state index is -3.48. The molecule has 0 amide bonds. The Morgan fingerprint density at radius 2 is 0.857 bits per heavy atom. The van der Waals surface area contributed by atoms with Crippen LogP contribution in [0.1, 0.15) is 27.7 Å². The van der Waals surface area contributed by atoms with Crippen molar-refractivity contribution in [3.8, 4) is 0 Å². The van der Waals surface area contributed by atoms with Gasteiger partial charge in [-0.2, -0.15) is 0 Å². The minimum absolute atomic E-state index is 0.219. The Balaban J connectivity index is 0.000000921. The largest absolute Gasteiger partial charge is 0.399 e. The predicted molar refractivity (Wildman–Crippen MR) is 89.9 cm³/mol. The van der Waals surface area contributed by atoms with Gasteiger partial charge in [-0.3, -0.25) is 0 Å². The highest BCUT2D eigenvalue weighted by molar-refractivity contribution is 7.91. The molecule has 0 unspecified atom stereocenters. The molecule has 0 heterocycles. The molecule has 2 aromatic rings. The van der Waals surface area contributed by atoms with E-state index in [4.69, 9.17) is 11.5 Å². The lowest BCUT2D eigenvalue weighted by Crippen LogP contribution is -2.02. The topological polar surface area (TPSA) is 86.2 Å². The first kappa shape index (κ1) is 19.0. The van der Waals surface area contributed by atoms with Gasteiger partial charge in [0.25, 0.3) is 0 Å². The normalized spacial score (nSPS) is 9.71. The van der Waals surface area contributed by atoms with Gasteiger partial charge in [0.1, 0.15) is 0 Å². The molecule has 116 valence electrons. The van der Waals surface area contributed by atoms with Crippen LogP contribution in [0.15, 0.2) is 58.3 Å². The van der Waals surface area contributed by atoms with Gasteiger partial charge in [0.05, 0.1) is 9.79 Å². The van der Waals surface area contributed by atoms with Crippen molar-refractivity contribution in [3.63, 3.8) is 0 Å². The fraction of sp³-hybridized carbons (Fsp3) is 0.250. The van der Waals surface area contributed by atoms with Crippen LogP contribution in [0.25, 0.3) is 0 Å². The quantitative estimate of drug-likeness (QED) is 0.827. The summed E-state index contributed by atoms with van der Waals surface area (Å²) >= 11 is 0. The monoisotopic (exact) mass is 308 g/mol. The standard InChI is InChI=1S/C12H12N2O2S.2C2H6/c13-9-1-5-11(6-2-9)17(15,16)12-7-3-10(14)4-8-12;2*1-2/h1-8H,13-14H2;2*1-2H3. The predicted octanol–water partition coefficient (Wildman–Crippen LogP) is 3.74. The van der Waals surface area contributed by atoms with Gasteiger partial charge < -0.3 is 11.5 Å². The Bertz CT molecular complexity index is 567. The second-order valence-corrected chi connectivity index (χ2v) is 5.59. The van der Waals surface area contributed by atoms with Crippen molar-refractivity contribution in [1.29, 1.82) is 0 Å². The van der Waals surface area contributed by atoms with Gasteiger partial charge in [-0.1, -0.05) is 27.7 Å². The molecular formula is C16H24N2O2S. The lowest BCUT2D eigenvalue weighted by atomic mass is 10.3. The maximum Gasteiger partial charge on any atom is 0.206 e. The molecule has 0 fully saturated rings. The average molecular weight is 308 g/mol. The van der Waals surface area contributed by atoms with E-state index in [0.717, 1.165) is 0 Å². The summed E-state index contributed by atoms with van der Waals surface area (Å²) in [4.78, 5) is 0.438. The molecule has 0 spiro atoms. The molecule has 0 aromatic heterocycles. The number of hydrogen-bond acceptors (Lipinski definition) is 4. The van der Waals surface area contributed by atoms with Gasteiger partial charge in [-0.15, -0.1) is 0 Å². The molecular weight excluding hydrogens is 284 g/mol. The van der Waals surface area contributed by atoms with Crippen molar-refractivity contribution in [1.82, 2.24) is 0 Å². The van der Waals surface area contributed by atoms with E-state index < -0.39 is 9.84 Å². The van der Waals surface area contributed by atoms with E-state index in [-0.39, 0.29) is 9.79 Å². The maximum absolute atomic E-state index is 12.2. The Morgan fingerprint density at radius 3 is 1.10 bits per heavy atom. The van der Waals surface area contributed by atoms with Gasteiger partial charge in [-0.25, -0.2) is 8.42 Å². The fourth-order valence-electron chi connectivity index (χ4n) is 1.43. The molecule has 21 heavy (non-hydrogen) atoms. The number of sulfone groups is 1. The summed E-state index contributed by atoms with van der Waals surface area (Å²) in [6, 6.07) is 12.2. The molecule has 0 saturated heterocycles. The Morgan fingerprint density at radius 1 is 0.619 bits per heavy atom. The van der Waals surface area contributed by atoms with Crippen LogP contribution in [0, 0.1) is 0 Å². The van der Waals surface area contributed by atoms with E-state index in [1.54, 1.807) is 24.3 Å². The van der Waals surface area contributed by atoms with Gasteiger partial charge in [-0.05, 0) is 48.5 Å². The zero-order valence-corrected chi connectivity index (χ0v) is 13.8. The van der Waals surface area contributed by atoms with E-state index in [1.165, 1.54) is 24.3 Å². The second kappa shape index (κ2) is 9.02. The Hall–Kier alpha value is -2.01. The molecule has 0 saturated carbocycles. The van der Waals surface area contributed by atoms with Crippen molar-refractivity contribution in [2.75, 3.05) is 11.5 Å². The summed E-state index contributed by atoms with van der Waals surface area (Å²) in [6.07, 6.45) is 0. The molecule has 5 heteroatoms. The fourth-order valence-corrected chi connectivity index (χ4v) is 2.69. The first-order valence-corrected chi connectivity index (χ1v) is 8.44. The van der Waals surface area contributed by atoms with Gasteiger partial charge in [0, 0.05) is 11.4 Å². The van der Waals surface area contributed by atoms with Gasteiger partial charge in [0.15, 0.2) is 0 Å². The highest BCUT2D eigenvalue weighted by atomic mass is 32.2. The van der Waals surface area contributed by atoms with E-state index in [2.05, 4.69) is 0 Å². The first-order chi connectivity index (χ1) is 10.00. The van der Waals surface area contributed by atoms with E-state index in [1.807, 2.05) is 27.7 Å². The summed E-state index contributed by atoms with van der Waals surface area (Å²) < 4.78 is 24.3. The summed E-state index contributed by atoms with van der Waals surface area (Å²) in [5, 5.41) is 0. The van der Waals surface area contributed by atoms with Crippen LogP contribution >= 0.6 is 0 Å². The van der Waals surface area contributed by atoms with Crippen LogP contribution in [-0.2, 0) is 9.84 Å². The van der Waals surface area contributed by atoms with Crippen LogP contribution < -0.4 is 11.5 Å². The SMILES string of the molecule is CC.CC.Nc1ccc(S(=O)(=O)c2ccc(N)cc2)cc1. The lowest BCUT2D eigenvalue weighted by Gasteiger charge is -2.05. The molecule has 4 nitrogen and oxygen atoms in total. The summed E-state index contributed by atoms with van der Waals surface area (Å²) in [5.41, 5.74) is 12.1. The third-order valence-electron chi connectivity index (χ3n) is 2.38. The van der Waals surface area contributed by atoms with Gasteiger partial charge in [0.2, 0.25) is 9.84 Å². The number of benzene rings is 2. The van der Waals surface area contributed by atoms with Gasteiger partial charge >= 0.3 is 0 Å². The Labute approximate surface area is 127 Å². The van der Waals surface area contributed by atoms with Crippen molar-refractivity contribution < 1.29 is 8.42 Å². The first-order valence-electron chi connectivity index (χ1n) is 6.96. The van der Waals surface area contributed by atoms with E-state index >= 15 is 0 Å². The smallest absolute Gasteiger partial charge is 0.206 e. The average Bonchev–Trinajstić information content (AvgIpc) is 2.52. The van der Waals surface area contributed by atoms with Crippen LogP contribution in [-0.4, -0.2) is 8.42 Å². The summed E-state index contributed by atoms with van der Waals surface area (Å²) in [7, 11) is -3.48. The maximum atomic E-state index is 12.2. The van der Waals surface area contributed by atoms with E-state index in [0.29, 0.717) is 11.4 Å². The number of anilines is 2. The molecule has 0 aliphatic heterocycles. The molecule has 4 N–H and O–H groups in total.